The number of aromatic nitrogens is 2. The van der Waals surface area contributed by atoms with E-state index in [9.17, 15) is 0 Å². The van der Waals surface area contributed by atoms with Gasteiger partial charge in [0.1, 0.15) is 11.4 Å². The predicted octanol–water partition coefficient (Wildman–Crippen LogP) is 1.28. The number of rotatable bonds is 5. The van der Waals surface area contributed by atoms with Gasteiger partial charge in [0, 0.05) is 19.7 Å². The number of nitrogens with one attached hydrogen (secondary N) is 1. The third kappa shape index (κ3) is 2.59. The molecule has 1 N–H and O–H groups in total. The molecule has 0 radical (unpaired) electrons. The minimum atomic E-state index is 0.420. The zero-order valence-corrected chi connectivity index (χ0v) is 9.90. The summed E-state index contributed by atoms with van der Waals surface area (Å²) in [5.74, 6) is 0.630. The van der Waals surface area contributed by atoms with E-state index >= 15 is 0 Å². The van der Waals surface area contributed by atoms with E-state index in [0.717, 1.165) is 43.9 Å². The van der Waals surface area contributed by atoms with Gasteiger partial charge in [-0.2, -0.15) is 0 Å². The summed E-state index contributed by atoms with van der Waals surface area (Å²) < 4.78 is 10.3. The highest BCUT2D eigenvalue weighted by atomic mass is 16.6. The third-order valence-corrected chi connectivity index (χ3v) is 3.19. The van der Waals surface area contributed by atoms with Crippen molar-refractivity contribution in [2.45, 2.75) is 39.3 Å². The molecule has 1 aromatic heterocycles. The molecule has 90 valence electrons. The first-order valence-corrected chi connectivity index (χ1v) is 5.91. The van der Waals surface area contributed by atoms with Crippen LogP contribution in [0.4, 0.5) is 0 Å². The Balaban J connectivity index is 1.74. The molecule has 1 aromatic rings. The van der Waals surface area contributed by atoms with Gasteiger partial charge < -0.3 is 10.1 Å². The molecule has 2 unspecified atom stereocenters. The van der Waals surface area contributed by atoms with E-state index < -0.39 is 0 Å². The van der Waals surface area contributed by atoms with Crippen molar-refractivity contribution >= 4 is 0 Å². The van der Waals surface area contributed by atoms with Gasteiger partial charge in [-0.1, -0.05) is 17.2 Å². The van der Waals surface area contributed by atoms with Crippen LogP contribution in [0.2, 0.25) is 0 Å². The van der Waals surface area contributed by atoms with Crippen LogP contribution in [0.25, 0.3) is 0 Å². The number of nitrogens with zero attached hydrogens (tertiary/aromatic N) is 2. The van der Waals surface area contributed by atoms with Crippen molar-refractivity contribution in [2.24, 2.45) is 5.92 Å². The van der Waals surface area contributed by atoms with Crippen molar-refractivity contribution in [2.75, 3.05) is 13.2 Å². The topological polar surface area (TPSA) is 60.2 Å². The quantitative estimate of drug-likeness (QED) is 0.818. The summed E-state index contributed by atoms with van der Waals surface area (Å²) in [5.41, 5.74) is 1.76. The Morgan fingerprint density at radius 3 is 3.00 bits per heavy atom. The minimum absolute atomic E-state index is 0.420. The highest BCUT2D eigenvalue weighted by molar-refractivity contribution is 5.03. The second-order valence-electron chi connectivity index (χ2n) is 4.29. The molecule has 0 saturated carbocycles. The van der Waals surface area contributed by atoms with E-state index in [1.807, 2.05) is 6.92 Å². The summed E-state index contributed by atoms with van der Waals surface area (Å²) in [5, 5.41) is 11.0. The van der Waals surface area contributed by atoms with Gasteiger partial charge >= 0.3 is 0 Å². The molecule has 2 rings (SSSR count). The van der Waals surface area contributed by atoms with Crippen molar-refractivity contribution in [1.29, 1.82) is 0 Å². The van der Waals surface area contributed by atoms with Gasteiger partial charge in [-0.15, -0.1) is 0 Å². The summed E-state index contributed by atoms with van der Waals surface area (Å²) in [6.45, 7) is 6.68. The van der Waals surface area contributed by atoms with E-state index in [0.29, 0.717) is 12.0 Å². The van der Waals surface area contributed by atoms with Crippen LogP contribution in [0, 0.1) is 12.8 Å². The molecule has 0 aliphatic carbocycles. The van der Waals surface area contributed by atoms with Crippen LogP contribution in [0.5, 0.6) is 0 Å². The highest BCUT2D eigenvalue weighted by Gasteiger charge is 2.26. The van der Waals surface area contributed by atoms with Crippen LogP contribution < -0.4 is 5.32 Å². The van der Waals surface area contributed by atoms with E-state index in [1.54, 1.807) is 0 Å². The fourth-order valence-electron chi connectivity index (χ4n) is 2.16. The van der Waals surface area contributed by atoms with Crippen molar-refractivity contribution in [3.8, 4) is 0 Å². The lowest BCUT2D eigenvalue weighted by atomic mass is 10.00. The smallest absolute Gasteiger partial charge is 0.121 e. The summed E-state index contributed by atoms with van der Waals surface area (Å²) in [6, 6.07) is 0. The van der Waals surface area contributed by atoms with E-state index in [4.69, 9.17) is 4.74 Å². The molecule has 16 heavy (non-hydrogen) atoms. The SMILES string of the molecule is CCC1OCCC1CNCc1nonc1C. The van der Waals surface area contributed by atoms with Crippen molar-refractivity contribution in [3.05, 3.63) is 11.4 Å². The molecule has 0 amide bonds. The van der Waals surface area contributed by atoms with Gasteiger partial charge in [0.25, 0.3) is 0 Å². The molecule has 1 fully saturated rings. The van der Waals surface area contributed by atoms with Gasteiger partial charge in [-0.25, -0.2) is 4.63 Å². The van der Waals surface area contributed by atoms with E-state index in [-0.39, 0.29) is 0 Å². The molecule has 2 heterocycles. The van der Waals surface area contributed by atoms with Gasteiger partial charge in [0.05, 0.1) is 6.10 Å². The van der Waals surface area contributed by atoms with Gasteiger partial charge in [-0.05, 0) is 25.7 Å². The minimum Gasteiger partial charge on any atom is -0.378 e. The van der Waals surface area contributed by atoms with E-state index in [2.05, 4.69) is 27.2 Å². The Bertz CT molecular complexity index is 327. The number of hydrogen-bond acceptors (Lipinski definition) is 5. The Hall–Kier alpha value is -0.940. The second kappa shape index (κ2) is 5.41. The predicted molar refractivity (Wildman–Crippen MR) is 58.9 cm³/mol. The van der Waals surface area contributed by atoms with Crippen LogP contribution in [-0.2, 0) is 11.3 Å². The maximum Gasteiger partial charge on any atom is 0.121 e. The first-order chi connectivity index (χ1) is 7.81. The first kappa shape index (κ1) is 11.5. The number of aryl methyl sites for hydroxylation is 1. The van der Waals surface area contributed by atoms with Crippen molar-refractivity contribution in [1.82, 2.24) is 15.6 Å². The Labute approximate surface area is 95.5 Å². The fourth-order valence-corrected chi connectivity index (χ4v) is 2.16. The molecular formula is C11H19N3O2. The van der Waals surface area contributed by atoms with Crippen LogP contribution >= 0.6 is 0 Å². The molecular weight excluding hydrogens is 206 g/mol. The van der Waals surface area contributed by atoms with E-state index in [1.165, 1.54) is 0 Å². The largest absolute Gasteiger partial charge is 0.378 e. The van der Waals surface area contributed by atoms with Crippen LogP contribution in [-0.4, -0.2) is 29.6 Å². The Morgan fingerprint density at radius 1 is 1.44 bits per heavy atom. The summed E-state index contributed by atoms with van der Waals surface area (Å²) in [7, 11) is 0. The summed E-state index contributed by atoms with van der Waals surface area (Å²) >= 11 is 0. The van der Waals surface area contributed by atoms with Crippen molar-refractivity contribution in [3.63, 3.8) is 0 Å². The normalized spacial score (nSPS) is 25.1. The lowest BCUT2D eigenvalue weighted by Crippen LogP contribution is -2.28. The molecule has 2 atom stereocenters. The summed E-state index contributed by atoms with van der Waals surface area (Å²) in [4.78, 5) is 0. The zero-order chi connectivity index (χ0) is 11.4. The van der Waals surface area contributed by atoms with Crippen LogP contribution in [0.3, 0.4) is 0 Å². The van der Waals surface area contributed by atoms with Crippen molar-refractivity contribution < 1.29 is 9.37 Å². The maximum absolute atomic E-state index is 5.64. The van der Waals surface area contributed by atoms with Gasteiger partial charge in [-0.3, -0.25) is 0 Å². The molecule has 1 aliphatic heterocycles. The average Bonchev–Trinajstić information content (AvgIpc) is 2.88. The third-order valence-electron chi connectivity index (χ3n) is 3.19. The van der Waals surface area contributed by atoms with Crippen LogP contribution in [0.1, 0.15) is 31.2 Å². The standard InChI is InChI=1S/C11H19N3O2/c1-3-11-9(4-5-15-11)6-12-7-10-8(2)13-16-14-10/h9,11-12H,3-7H2,1-2H3. The summed E-state index contributed by atoms with van der Waals surface area (Å²) in [6.07, 6.45) is 2.67. The molecule has 0 spiro atoms. The first-order valence-electron chi connectivity index (χ1n) is 5.91. The molecule has 1 saturated heterocycles. The number of ether oxygens (including phenoxy) is 1. The monoisotopic (exact) mass is 225 g/mol. The second-order valence-corrected chi connectivity index (χ2v) is 4.29. The maximum atomic E-state index is 5.64. The highest BCUT2D eigenvalue weighted by Crippen LogP contribution is 2.22. The lowest BCUT2D eigenvalue weighted by Gasteiger charge is -2.16. The Morgan fingerprint density at radius 2 is 2.31 bits per heavy atom. The molecule has 0 bridgehead atoms. The fraction of sp³-hybridized carbons (Fsp3) is 0.818. The molecule has 1 aliphatic rings. The van der Waals surface area contributed by atoms with Gasteiger partial charge in [0.15, 0.2) is 0 Å². The Kier molecular flexibility index (Phi) is 3.90. The molecule has 0 aromatic carbocycles. The van der Waals surface area contributed by atoms with Gasteiger partial charge in [0.2, 0.25) is 0 Å². The zero-order valence-electron chi connectivity index (χ0n) is 9.90. The average molecular weight is 225 g/mol. The lowest BCUT2D eigenvalue weighted by molar-refractivity contribution is 0.0872. The van der Waals surface area contributed by atoms with Crippen LogP contribution in [0.15, 0.2) is 4.63 Å². The molecule has 5 heteroatoms. The number of hydrogen-bond donors (Lipinski definition) is 1. The molecule has 5 nitrogen and oxygen atoms in total.